The third kappa shape index (κ3) is 4.24. The van der Waals surface area contributed by atoms with Gasteiger partial charge in [-0.2, -0.15) is 0 Å². The summed E-state index contributed by atoms with van der Waals surface area (Å²) in [7, 11) is 0. The molecule has 0 N–H and O–H groups in total. The second-order valence-electron chi connectivity index (χ2n) is 6.37. The highest BCUT2D eigenvalue weighted by molar-refractivity contribution is 5.96. The topological polar surface area (TPSA) is 54.9 Å². The first-order valence-electron chi connectivity index (χ1n) is 8.99. The maximum absolute atomic E-state index is 12.9. The summed E-state index contributed by atoms with van der Waals surface area (Å²) in [5.41, 5.74) is 0.562. The summed E-state index contributed by atoms with van der Waals surface area (Å²) < 4.78 is 11.2. The van der Waals surface area contributed by atoms with Crippen LogP contribution in [0, 0.1) is 0 Å². The van der Waals surface area contributed by atoms with Crippen LogP contribution < -0.4 is 4.74 Å². The first-order valence-corrected chi connectivity index (χ1v) is 8.99. The maximum Gasteiger partial charge on any atom is 0.259 e. The Morgan fingerprint density at radius 3 is 3.04 bits per heavy atom. The van der Waals surface area contributed by atoms with E-state index < -0.39 is 0 Å². The predicted octanol–water partition coefficient (Wildman–Crippen LogP) is 1.81. The van der Waals surface area contributed by atoms with Crippen molar-refractivity contribution in [3.63, 3.8) is 0 Å². The molecule has 24 heavy (non-hydrogen) atoms. The molecule has 0 aliphatic carbocycles. The normalized spacial score (nSPS) is 22.4. The van der Waals surface area contributed by atoms with E-state index in [1.54, 1.807) is 18.3 Å². The molecule has 2 aliphatic rings. The average molecular weight is 333 g/mol. The summed E-state index contributed by atoms with van der Waals surface area (Å²) in [4.78, 5) is 21.4. The number of ether oxygens (including phenoxy) is 2. The van der Waals surface area contributed by atoms with E-state index in [4.69, 9.17) is 9.47 Å². The van der Waals surface area contributed by atoms with Gasteiger partial charge in [-0.3, -0.25) is 9.69 Å². The van der Waals surface area contributed by atoms with Gasteiger partial charge in [0, 0.05) is 39.0 Å². The van der Waals surface area contributed by atoms with Gasteiger partial charge in [0.05, 0.1) is 12.7 Å². The molecule has 0 bridgehead atoms. The molecule has 1 unspecified atom stereocenters. The van der Waals surface area contributed by atoms with Crippen LogP contribution in [0.1, 0.15) is 36.5 Å². The Kier molecular flexibility index (Phi) is 6.04. The van der Waals surface area contributed by atoms with Crippen LogP contribution in [0.5, 0.6) is 5.88 Å². The Morgan fingerprint density at radius 1 is 1.33 bits per heavy atom. The summed E-state index contributed by atoms with van der Waals surface area (Å²) in [6.45, 7) is 7.73. The Hall–Kier alpha value is -1.66. The van der Waals surface area contributed by atoms with Crippen LogP contribution in [0.2, 0.25) is 0 Å². The van der Waals surface area contributed by atoms with Gasteiger partial charge in [0.1, 0.15) is 5.56 Å². The number of rotatable bonds is 5. The first kappa shape index (κ1) is 17.2. The SMILES string of the molecule is CCOc1ncccc1C(=O)N1CCCN(CC2CCCO2)CC1. The molecule has 1 aromatic rings. The molecule has 3 rings (SSSR count). The lowest BCUT2D eigenvalue weighted by Crippen LogP contribution is -2.37. The van der Waals surface area contributed by atoms with E-state index in [-0.39, 0.29) is 5.91 Å². The highest BCUT2D eigenvalue weighted by Crippen LogP contribution is 2.19. The molecule has 2 saturated heterocycles. The molecule has 0 saturated carbocycles. The standard InChI is InChI=1S/C18H27N3O3/c1-2-23-17-16(7-3-8-19-17)18(22)21-10-5-9-20(11-12-21)14-15-6-4-13-24-15/h3,7-8,15H,2,4-6,9-14H2,1H3. The summed E-state index contributed by atoms with van der Waals surface area (Å²) in [5.74, 6) is 0.455. The van der Waals surface area contributed by atoms with Gasteiger partial charge in [-0.25, -0.2) is 4.98 Å². The molecule has 0 aromatic carbocycles. The second kappa shape index (κ2) is 8.44. The molecule has 1 atom stereocenters. The molecule has 6 heteroatoms. The van der Waals surface area contributed by atoms with Crippen LogP contribution in [-0.4, -0.2) is 72.7 Å². The van der Waals surface area contributed by atoms with E-state index in [0.29, 0.717) is 24.2 Å². The van der Waals surface area contributed by atoms with Gasteiger partial charge in [0.25, 0.3) is 5.91 Å². The lowest BCUT2D eigenvalue weighted by Gasteiger charge is -2.24. The maximum atomic E-state index is 12.9. The number of pyridine rings is 1. The van der Waals surface area contributed by atoms with E-state index >= 15 is 0 Å². The predicted molar refractivity (Wildman–Crippen MR) is 91.3 cm³/mol. The lowest BCUT2D eigenvalue weighted by molar-refractivity contribution is 0.0702. The fraction of sp³-hybridized carbons (Fsp3) is 0.667. The van der Waals surface area contributed by atoms with Crippen LogP contribution in [0.15, 0.2) is 18.3 Å². The van der Waals surface area contributed by atoms with E-state index in [1.165, 1.54) is 6.42 Å². The first-order chi connectivity index (χ1) is 11.8. The minimum Gasteiger partial charge on any atom is -0.477 e. The Balaban J connectivity index is 1.60. The van der Waals surface area contributed by atoms with Crippen molar-refractivity contribution in [2.45, 2.75) is 32.3 Å². The zero-order valence-electron chi connectivity index (χ0n) is 14.4. The number of amides is 1. The Labute approximate surface area is 143 Å². The van der Waals surface area contributed by atoms with Gasteiger partial charge in [-0.15, -0.1) is 0 Å². The molecule has 132 valence electrons. The van der Waals surface area contributed by atoms with Gasteiger partial charge in [0.2, 0.25) is 5.88 Å². The number of carbonyl (C=O) groups is 1. The number of hydrogen-bond donors (Lipinski definition) is 0. The zero-order valence-corrected chi connectivity index (χ0v) is 14.4. The molecule has 2 fully saturated rings. The third-order valence-electron chi connectivity index (χ3n) is 4.64. The van der Waals surface area contributed by atoms with Crippen molar-refractivity contribution in [3.8, 4) is 5.88 Å². The summed E-state index contributed by atoms with van der Waals surface area (Å²) in [6, 6.07) is 3.59. The minimum atomic E-state index is 0.0190. The molecular formula is C18H27N3O3. The van der Waals surface area contributed by atoms with Crippen LogP contribution >= 0.6 is 0 Å². The molecule has 1 amide bonds. The summed E-state index contributed by atoms with van der Waals surface area (Å²) in [5, 5.41) is 0. The Bertz CT molecular complexity index is 546. The van der Waals surface area contributed by atoms with Crippen molar-refractivity contribution >= 4 is 5.91 Å². The van der Waals surface area contributed by atoms with Crippen molar-refractivity contribution in [1.82, 2.24) is 14.8 Å². The van der Waals surface area contributed by atoms with E-state index in [0.717, 1.165) is 52.2 Å². The molecular weight excluding hydrogens is 306 g/mol. The third-order valence-corrected chi connectivity index (χ3v) is 4.64. The number of nitrogens with zero attached hydrogens (tertiary/aromatic N) is 3. The Morgan fingerprint density at radius 2 is 2.25 bits per heavy atom. The largest absolute Gasteiger partial charge is 0.477 e. The van der Waals surface area contributed by atoms with E-state index in [1.807, 2.05) is 11.8 Å². The van der Waals surface area contributed by atoms with Gasteiger partial charge in [0.15, 0.2) is 0 Å². The molecule has 3 heterocycles. The quantitative estimate of drug-likeness (QED) is 0.822. The second-order valence-corrected chi connectivity index (χ2v) is 6.37. The fourth-order valence-electron chi connectivity index (χ4n) is 3.41. The van der Waals surface area contributed by atoms with Gasteiger partial charge in [-0.05, 0) is 44.9 Å². The van der Waals surface area contributed by atoms with Crippen LogP contribution in [0.4, 0.5) is 0 Å². The van der Waals surface area contributed by atoms with Crippen molar-refractivity contribution in [2.75, 3.05) is 45.9 Å². The number of carbonyl (C=O) groups excluding carboxylic acids is 1. The van der Waals surface area contributed by atoms with Crippen molar-refractivity contribution in [1.29, 1.82) is 0 Å². The molecule has 0 spiro atoms. The highest BCUT2D eigenvalue weighted by atomic mass is 16.5. The molecule has 1 aromatic heterocycles. The van der Waals surface area contributed by atoms with E-state index in [2.05, 4.69) is 9.88 Å². The van der Waals surface area contributed by atoms with Gasteiger partial charge >= 0.3 is 0 Å². The van der Waals surface area contributed by atoms with E-state index in [9.17, 15) is 4.79 Å². The number of hydrogen-bond acceptors (Lipinski definition) is 5. The summed E-state index contributed by atoms with van der Waals surface area (Å²) in [6.07, 6.45) is 5.35. The smallest absolute Gasteiger partial charge is 0.259 e. The van der Waals surface area contributed by atoms with Crippen LogP contribution in [0.3, 0.4) is 0 Å². The average Bonchev–Trinajstić information content (AvgIpc) is 2.99. The minimum absolute atomic E-state index is 0.0190. The zero-order chi connectivity index (χ0) is 16.8. The molecule has 0 radical (unpaired) electrons. The monoisotopic (exact) mass is 333 g/mol. The van der Waals surface area contributed by atoms with Crippen molar-refractivity contribution in [3.05, 3.63) is 23.9 Å². The van der Waals surface area contributed by atoms with Crippen LogP contribution in [-0.2, 0) is 4.74 Å². The van der Waals surface area contributed by atoms with Crippen LogP contribution in [0.25, 0.3) is 0 Å². The fourth-order valence-corrected chi connectivity index (χ4v) is 3.41. The molecule has 6 nitrogen and oxygen atoms in total. The van der Waals surface area contributed by atoms with Gasteiger partial charge in [-0.1, -0.05) is 0 Å². The molecule has 2 aliphatic heterocycles. The van der Waals surface area contributed by atoms with Crippen molar-refractivity contribution in [2.24, 2.45) is 0 Å². The lowest BCUT2D eigenvalue weighted by atomic mass is 10.2. The highest BCUT2D eigenvalue weighted by Gasteiger charge is 2.25. The summed E-state index contributed by atoms with van der Waals surface area (Å²) >= 11 is 0. The number of aromatic nitrogens is 1. The van der Waals surface area contributed by atoms with Crippen molar-refractivity contribution < 1.29 is 14.3 Å². The van der Waals surface area contributed by atoms with Gasteiger partial charge < -0.3 is 14.4 Å².